The lowest BCUT2D eigenvalue weighted by Gasteiger charge is -2.22. The zero-order chi connectivity index (χ0) is 14.4. The number of nitrogens with zero attached hydrogens (tertiary/aromatic N) is 1. The highest BCUT2D eigenvalue weighted by molar-refractivity contribution is 5.08. The highest BCUT2D eigenvalue weighted by Gasteiger charge is 2.23. The van der Waals surface area contributed by atoms with Gasteiger partial charge in [-0.25, -0.2) is 0 Å². The van der Waals surface area contributed by atoms with Crippen molar-refractivity contribution in [3.05, 3.63) is 36.6 Å². The summed E-state index contributed by atoms with van der Waals surface area (Å²) in [5, 5.41) is 0. The number of hydrogen-bond donors (Lipinski definition) is 0. The second-order valence-electron chi connectivity index (χ2n) is 6.15. The SMILES string of the molecule is C=C(CCN1CC(CC)CC1=C)CC(CC)C(=C)C. The van der Waals surface area contributed by atoms with Crippen LogP contribution < -0.4 is 0 Å². The quantitative estimate of drug-likeness (QED) is 0.545. The largest absolute Gasteiger partial charge is 0.375 e. The topological polar surface area (TPSA) is 3.24 Å². The fourth-order valence-corrected chi connectivity index (χ4v) is 2.90. The molecule has 0 saturated carbocycles. The van der Waals surface area contributed by atoms with E-state index in [9.17, 15) is 0 Å². The molecule has 0 spiro atoms. The first kappa shape index (κ1) is 16.1. The van der Waals surface area contributed by atoms with Crippen molar-refractivity contribution < 1.29 is 0 Å². The molecule has 2 atom stereocenters. The first-order chi connectivity index (χ1) is 8.97. The third kappa shape index (κ3) is 4.89. The normalized spacial score (nSPS) is 20.7. The predicted octanol–water partition coefficient (Wildman–Crippen LogP) is 5.17. The second-order valence-corrected chi connectivity index (χ2v) is 6.15. The van der Waals surface area contributed by atoms with Gasteiger partial charge in [-0.15, -0.1) is 0 Å². The Morgan fingerprint density at radius 2 is 2.05 bits per heavy atom. The van der Waals surface area contributed by atoms with Gasteiger partial charge in [-0.2, -0.15) is 0 Å². The van der Waals surface area contributed by atoms with E-state index < -0.39 is 0 Å². The Morgan fingerprint density at radius 3 is 2.53 bits per heavy atom. The van der Waals surface area contributed by atoms with Crippen molar-refractivity contribution in [2.24, 2.45) is 11.8 Å². The molecular weight excluding hydrogens is 230 g/mol. The summed E-state index contributed by atoms with van der Waals surface area (Å²) in [6.45, 7) is 21.5. The van der Waals surface area contributed by atoms with Crippen LogP contribution in [0.15, 0.2) is 36.6 Å². The summed E-state index contributed by atoms with van der Waals surface area (Å²) in [5.74, 6) is 1.43. The number of rotatable bonds is 8. The zero-order valence-electron chi connectivity index (χ0n) is 13.2. The number of hydrogen-bond acceptors (Lipinski definition) is 1. The minimum Gasteiger partial charge on any atom is -0.375 e. The third-order valence-electron chi connectivity index (χ3n) is 4.49. The van der Waals surface area contributed by atoms with Gasteiger partial charge >= 0.3 is 0 Å². The predicted molar refractivity (Wildman–Crippen MR) is 86.1 cm³/mol. The molecule has 0 radical (unpaired) electrons. The molecule has 0 aromatic rings. The standard InChI is InChI=1S/C18H31N/c1-7-17-12-16(6)19(13-17)10-9-15(5)11-18(8-2)14(3)4/h17-18H,3,5-13H2,1-2,4H3. The van der Waals surface area contributed by atoms with Crippen LogP contribution in [0.5, 0.6) is 0 Å². The molecule has 1 aliphatic rings. The summed E-state index contributed by atoms with van der Waals surface area (Å²) in [5.41, 5.74) is 3.98. The molecule has 1 fully saturated rings. The summed E-state index contributed by atoms with van der Waals surface area (Å²) >= 11 is 0. The van der Waals surface area contributed by atoms with Gasteiger partial charge in [-0.3, -0.25) is 0 Å². The molecule has 1 saturated heterocycles. The van der Waals surface area contributed by atoms with E-state index in [1.165, 1.54) is 42.7 Å². The Kier molecular flexibility index (Phi) is 6.41. The van der Waals surface area contributed by atoms with Gasteiger partial charge in [-0.05, 0) is 44.4 Å². The molecule has 0 aromatic carbocycles. The Hall–Kier alpha value is -0.980. The van der Waals surface area contributed by atoms with E-state index in [-0.39, 0.29) is 0 Å². The Morgan fingerprint density at radius 1 is 1.37 bits per heavy atom. The summed E-state index contributed by atoms with van der Waals surface area (Å²) < 4.78 is 0. The number of likely N-dealkylation sites (tertiary alicyclic amines) is 1. The van der Waals surface area contributed by atoms with Crippen LogP contribution in [0.25, 0.3) is 0 Å². The molecule has 1 heteroatoms. The van der Waals surface area contributed by atoms with Crippen LogP contribution in [-0.2, 0) is 0 Å². The Bertz CT molecular complexity index is 340. The monoisotopic (exact) mass is 261 g/mol. The maximum Gasteiger partial charge on any atom is 0.0212 e. The summed E-state index contributed by atoms with van der Waals surface area (Å²) in [4.78, 5) is 2.46. The molecule has 1 nitrogen and oxygen atoms in total. The van der Waals surface area contributed by atoms with Crippen LogP contribution in [-0.4, -0.2) is 18.0 Å². The molecule has 2 unspecified atom stereocenters. The molecule has 108 valence electrons. The van der Waals surface area contributed by atoms with E-state index >= 15 is 0 Å². The van der Waals surface area contributed by atoms with Gasteiger partial charge in [0.2, 0.25) is 0 Å². The molecule has 0 aromatic heterocycles. The van der Waals surface area contributed by atoms with Crippen LogP contribution in [0.1, 0.15) is 52.9 Å². The minimum absolute atomic E-state index is 0.609. The fraction of sp³-hybridized carbons (Fsp3) is 0.667. The van der Waals surface area contributed by atoms with E-state index in [4.69, 9.17) is 0 Å². The third-order valence-corrected chi connectivity index (χ3v) is 4.49. The van der Waals surface area contributed by atoms with E-state index in [1.54, 1.807) is 0 Å². The molecule has 19 heavy (non-hydrogen) atoms. The summed E-state index contributed by atoms with van der Waals surface area (Å²) in [7, 11) is 0. The Balaban J connectivity index is 2.34. The smallest absolute Gasteiger partial charge is 0.0212 e. The second kappa shape index (κ2) is 7.57. The van der Waals surface area contributed by atoms with E-state index in [0.29, 0.717) is 5.92 Å². The molecule has 0 aliphatic carbocycles. The van der Waals surface area contributed by atoms with Crippen LogP contribution in [0.4, 0.5) is 0 Å². The molecule has 0 N–H and O–H groups in total. The summed E-state index contributed by atoms with van der Waals surface area (Å²) in [6.07, 6.45) is 5.82. The van der Waals surface area contributed by atoms with Crippen molar-refractivity contribution in [2.45, 2.75) is 52.9 Å². The van der Waals surface area contributed by atoms with Crippen molar-refractivity contribution in [3.8, 4) is 0 Å². The van der Waals surface area contributed by atoms with Crippen LogP contribution >= 0.6 is 0 Å². The van der Waals surface area contributed by atoms with Crippen LogP contribution in [0.2, 0.25) is 0 Å². The van der Waals surface area contributed by atoms with Crippen LogP contribution in [0, 0.1) is 11.8 Å². The Labute approximate surface area is 120 Å². The van der Waals surface area contributed by atoms with E-state index in [1.807, 2.05) is 0 Å². The highest BCUT2D eigenvalue weighted by atomic mass is 15.2. The zero-order valence-corrected chi connectivity index (χ0v) is 13.2. The van der Waals surface area contributed by atoms with Crippen LogP contribution in [0.3, 0.4) is 0 Å². The van der Waals surface area contributed by atoms with Gasteiger partial charge in [0, 0.05) is 18.8 Å². The lowest BCUT2D eigenvalue weighted by atomic mass is 9.91. The lowest BCUT2D eigenvalue weighted by Crippen LogP contribution is -2.21. The highest BCUT2D eigenvalue weighted by Crippen LogP contribution is 2.29. The summed E-state index contributed by atoms with van der Waals surface area (Å²) in [6, 6.07) is 0. The molecule has 1 aliphatic heterocycles. The molecular formula is C18H31N. The van der Waals surface area contributed by atoms with Crippen molar-refractivity contribution in [2.75, 3.05) is 13.1 Å². The van der Waals surface area contributed by atoms with Crippen molar-refractivity contribution in [1.82, 2.24) is 4.90 Å². The van der Waals surface area contributed by atoms with E-state index in [2.05, 4.69) is 45.4 Å². The molecule has 0 bridgehead atoms. The maximum absolute atomic E-state index is 4.25. The lowest BCUT2D eigenvalue weighted by molar-refractivity contribution is 0.362. The van der Waals surface area contributed by atoms with Crippen molar-refractivity contribution in [3.63, 3.8) is 0 Å². The fourth-order valence-electron chi connectivity index (χ4n) is 2.90. The number of allylic oxidation sites excluding steroid dienone is 2. The minimum atomic E-state index is 0.609. The molecule has 1 rings (SSSR count). The van der Waals surface area contributed by atoms with Gasteiger partial charge in [0.25, 0.3) is 0 Å². The van der Waals surface area contributed by atoms with Gasteiger partial charge in [-0.1, -0.05) is 51.2 Å². The van der Waals surface area contributed by atoms with Gasteiger partial charge in [0.15, 0.2) is 0 Å². The molecule has 0 amide bonds. The maximum atomic E-state index is 4.25. The van der Waals surface area contributed by atoms with Gasteiger partial charge < -0.3 is 4.90 Å². The van der Waals surface area contributed by atoms with Gasteiger partial charge in [0.05, 0.1) is 0 Å². The molecule has 1 heterocycles. The van der Waals surface area contributed by atoms with Crippen molar-refractivity contribution in [1.29, 1.82) is 0 Å². The van der Waals surface area contributed by atoms with Gasteiger partial charge in [0.1, 0.15) is 0 Å². The average Bonchev–Trinajstić information content (AvgIpc) is 2.73. The first-order valence-electron chi connectivity index (χ1n) is 7.72. The van der Waals surface area contributed by atoms with Crippen molar-refractivity contribution >= 4 is 0 Å². The first-order valence-corrected chi connectivity index (χ1v) is 7.72. The average molecular weight is 261 g/mol. The van der Waals surface area contributed by atoms with E-state index in [0.717, 1.165) is 25.3 Å².